The second-order valence-electron chi connectivity index (χ2n) is 7.82. The van der Waals surface area contributed by atoms with E-state index in [9.17, 15) is 14.7 Å². The van der Waals surface area contributed by atoms with Crippen LogP contribution in [0.25, 0.3) is 0 Å². The lowest BCUT2D eigenvalue weighted by molar-refractivity contribution is -0.143. The summed E-state index contributed by atoms with van der Waals surface area (Å²) in [4.78, 5) is 26.5. The van der Waals surface area contributed by atoms with Gasteiger partial charge in [-0.3, -0.25) is 9.69 Å². The van der Waals surface area contributed by atoms with Crippen LogP contribution >= 0.6 is 23.2 Å². The Balaban J connectivity index is 1.59. The van der Waals surface area contributed by atoms with Crippen molar-refractivity contribution >= 4 is 40.9 Å². The first-order chi connectivity index (χ1) is 15.9. The van der Waals surface area contributed by atoms with Crippen molar-refractivity contribution < 1.29 is 19.4 Å². The van der Waals surface area contributed by atoms with Crippen molar-refractivity contribution in [1.82, 2.24) is 5.32 Å². The van der Waals surface area contributed by atoms with Crippen LogP contribution in [-0.2, 0) is 11.2 Å². The third-order valence-corrected chi connectivity index (χ3v) is 6.23. The summed E-state index contributed by atoms with van der Waals surface area (Å²) in [5.41, 5.74) is 1.27. The molecule has 3 aromatic rings. The lowest BCUT2D eigenvalue weighted by Gasteiger charge is -2.36. The third kappa shape index (κ3) is 5.41. The van der Waals surface area contributed by atoms with Crippen molar-refractivity contribution in [2.75, 3.05) is 18.0 Å². The minimum absolute atomic E-state index is 0.224. The molecule has 0 spiro atoms. The molecule has 0 saturated carbocycles. The fourth-order valence-corrected chi connectivity index (χ4v) is 4.42. The molecule has 1 saturated heterocycles. The standard InChI is InChI=1S/C25H22Cl2N2O4/c26-18-11-10-16(21(27)13-18)12-20(24(30)31)17-14-28-25(32)29(15-17)22-8-4-5-9-23(22)33-19-6-2-1-3-7-19/h1-11,13,17,20H,12,14-15H2,(H,28,32)(H,30,31). The maximum atomic E-state index is 12.8. The van der Waals surface area contributed by atoms with Crippen LogP contribution < -0.4 is 15.0 Å². The van der Waals surface area contributed by atoms with Crippen molar-refractivity contribution in [3.05, 3.63) is 88.4 Å². The molecular formula is C25H22Cl2N2O4. The van der Waals surface area contributed by atoms with Gasteiger partial charge >= 0.3 is 12.0 Å². The van der Waals surface area contributed by atoms with Gasteiger partial charge in [-0.25, -0.2) is 4.79 Å². The maximum absolute atomic E-state index is 12.8. The second-order valence-corrected chi connectivity index (χ2v) is 8.67. The summed E-state index contributed by atoms with van der Waals surface area (Å²) < 4.78 is 6.01. The molecule has 2 N–H and O–H groups in total. The lowest BCUT2D eigenvalue weighted by atomic mass is 9.85. The number of ether oxygens (including phenoxy) is 1. The van der Waals surface area contributed by atoms with Gasteiger partial charge in [0.15, 0.2) is 5.75 Å². The molecule has 1 fully saturated rings. The number of halogens is 2. The van der Waals surface area contributed by atoms with E-state index in [0.29, 0.717) is 32.8 Å². The Morgan fingerprint density at radius 1 is 1.09 bits per heavy atom. The van der Waals surface area contributed by atoms with Crippen molar-refractivity contribution in [1.29, 1.82) is 0 Å². The summed E-state index contributed by atoms with van der Waals surface area (Å²) >= 11 is 12.3. The number of urea groups is 1. The number of carboxylic acids is 1. The number of amides is 2. The quantitative estimate of drug-likeness (QED) is 0.439. The van der Waals surface area contributed by atoms with Crippen LogP contribution in [0.5, 0.6) is 11.5 Å². The van der Waals surface area contributed by atoms with Gasteiger partial charge in [-0.15, -0.1) is 0 Å². The van der Waals surface area contributed by atoms with Gasteiger partial charge in [0.2, 0.25) is 0 Å². The Labute approximate surface area is 201 Å². The number of hydrogen-bond donors (Lipinski definition) is 2. The van der Waals surface area contributed by atoms with E-state index in [4.69, 9.17) is 27.9 Å². The Hall–Kier alpha value is -3.22. The number of hydrogen-bond acceptors (Lipinski definition) is 3. The summed E-state index contributed by atoms with van der Waals surface area (Å²) in [6.45, 7) is 0.475. The summed E-state index contributed by atoms with van der Waals surface area (Å²) in [5, 5.41) is 13.7. The van der Waals surface area contributed by atoms with E-state index in [0.717, 1.165) is 0 Å². The maximum Gasteiger partial charge on any atom is 0.322 e. The summed E-state index contributed by atoms with van der Waals surface area (Å²) in [6, 6.07) is 21.2. The zero-order chi connectivity index (χ0) is 23.4. The van der Waals surface area contributed by atoms with Gasteiger partial charge in [-0.2, -0.15) is 0 Å². The molecule has 0 bridgehead atoms. The first kappa shape index (κ1) is 23.0. The molecule has 2 amide bonds. The number of nitrogens with zero attached hydrogens (tertiary/aromatic N) is 1. The number of para-hydroxylation sites is 3. The topological polar surface area (TPSA) is 78.9 Å². The van der Waals surface area contributed by atoms with Crippen LogP contribution in [-0.4, -0.2) is 30.2 Å². The van der Waals surface area contributed by atoms with E-state index in [1.807, 2.05) is 42.5 Å². The first-order valence-corrected chi connectivity index (χ1v) is 11.2. The van der Waals surface area contributed by atoms with Gasteiger partial charge in [0.05, 0.1) is 11.6 Å². The Bertz CT molecular complexity index is 1160. The Morgan fingerprint density at radius 3 is 2.55 bits per heavy atom. The van der Waals surface area contributed by atoms with Crippen molar-refractivity contribution in [3.63, 3.8) is 0 Å². The van der Waals surface area contributed by atoms with Crippen LogP contribution in [0.2, 0.25) is 10.0 Å². The Morgan fingerprint density at radius 2 is 1.82 bits per heavy atom. The first-order valence-electron chi connectivity index (χ1n) is 10.5. The monoisotopic (exact) mass is 484 g/mol. The molecular weight excluding hydrogens is 463 g/mol. The number of carbonyl (C=O) groups excluding carboxylic acids is 1. The van der Waals surface area contributed by atoms with Gasteiger partial charge < -0.3 is 15.2 Å². The summed E-state index contributed by atoms with van der Waals surface area (Å²) in [7, 11) is 0. The fourth-order valence-electron chi connectivity index (χ4n) is 3.93. The molecule has 170 valence electrons. The van der Waals surface area contributed by atoms with Gasteiger partial charge in [0.25, 0.3) is 0 Å². The minimum atomic E-state index is -0.948. The normalized spacial score (nSPS) is 16.7. The number of nitrogens with one attached hydrogen (secondary N) is 1. The number of benzene rings is 3. The zero-order valence-corrected chi connectivity index (χ0v) is 19.1. The fraction of sp³-hybridized carbons (Fsp3) is 0.200. The number of carbonyl (C=O) groups is 2. The SMILES string of the molecule is O=C(O)C(Cc1ccc(Cl)cc1Cl)C1CNC(=O)N(c2ccccc2Oc2ccccc2)C1. The van der Waals surface area contributed by atoms with E-state index in [1.165, 1.54) is 4.90 Å². The Kier molecular flexibility index (Phi) is 7.06. The minimum Gasteiger partial charge on any atom is -0.481 e. The predicted molar refractivity (Wildman–Crippen MR) is 128 cm³/mol. The largest absolute Gasteiger partial charge is 0.481 e. The van der Waals surface area contributed by atoms with Gasteiger partial charge in [-0.05, 0) is 48.4 Å². The van der Waals surface area contributed by atoms with Crippen molar-refractivity contribution in [2.24, 2.45) is 11.8 Å². The number of carboxylic acid groups (broad SMARTS) is 1. The average molecular weight is 485 g/mol. The highest BCUT2D eigenvalue weighted by Gasteiger charge is 2.36. The van der Waals surface area contributed by atoms with Crippen molar-refractivity contribution in [3.8, 4) is 11.5 Å². The molecule has 1 aliphatic rings. The molecule has 0 radical (unpaired) electrons. The van der Waals surface area contributed by atoms with E-state index in [1.54, 1.807) is 30.3 Å². The smallest absolute Gasteiger partial charge is 0.322 e. The van der Waals surface area contributed by atoms with Crippen LogP contribution in [0.1, 0.15) is 5.56 Å². The second kappa shape index (κ2) is 10.1. The van der Waals surface area contributed by atoms with Crippen LogP contribution in [0, 0.1) is 11.8 Å². The highest BCUT2D eigenvalue weighted by molar-refractivity contribution is 6.35. The lowest BCUT2D eigenvalue weighted by Crippen LogP contribution is -2.54. The number of anilines is 1. The van der Waals surface area contributed by atoms with Crippen LogP contribution in [0.15, 0.2) is 72.8 Å². The molecule has 6 nitrogen and oxygen atoms in total. The number of aliphatic carboxylic acids is 1. The molecule has 1 heterocycles. The molecule has 2 atom stereocenters. The average Bonchev–Trinajstić information content (AvgIpc) is 2.80. The van der Waals surface area contributed by atoms with Gasteiger partial charge in [-0.1, -0.05) is 59.6 Å². The van der Waals surface area contributed by atoms with Crippen molar-refractivity contribution in [2.45, 2.75) is 6.42 Å². The van der Waals surface area contributed by atoms with E-state index in [2.05, 4.69) is 5.32 Å². The number of rotatable bonds is 7. The molecule has 0 aliphatic carbocycles. The summed E-state index contributed by atoms with van der Waals surface area (Å²) in [6.07, 6.45) is 0.224. The predicted octanol–water partition coefficient (Wildman–Crippen LogP) is 5.88. The zero-order valence-electron chi connectivity index (χ0n) is 17.6. The summed E-state index contributed by atoms with van der Waals surface area (Å²) in [5.74, 6) is -0.909. The molecule has 33 heavy (non-hydrogen) atoms. The van der Waals surface area contributed by atoms with Crippen LogP contribution in [0.3, 0.4) is 0 Å². The van der Waals surface area contributed by atoms with Gasteiger partial charge in [0, 0.05) is 29.1 Å². The van der Waals surface area contributed by atoms with Gasteiger partial charge in [0.1, 0.15) is 5.75 Å². The molecule has 0 aromatic heterocycles. The molecule has 1 aliphatic heterocycles. The highest BCUT2D eigenvalue weighted by Crippen LogP contribution is 2.35. The molecule has 2 unspecified atom stereocenters. The van der Waals surface area contributed by atoms with E-state index < -0.39 is 11.9 Å². The highest BCUT2D eigenvalue weighted by atomic mass is 35.5. The molecule has 4 rings (SSSR count). The van der Waals surface area contributed by atoms with E-state index in [-0.39, 0.29) is 31.5 Å². The third-order valence-electron chi connectivity index (χ3n) is 5.65. The van der Waals surface area contributed by atoms with Crippen LogP contribution in [0.4, 0.5) is 10.5 Å². The molecule has 3 aromatic carbocycles. The molecule has 8 heteroatoms. The van der Waals surface area contributed by atoms with E-state index >= 15 is 0 Å².